The Hall–Kier alpha value is -0.990. The number of thioether (sulfide) groups is 2. The molecule has 8 heteroatoms. The molecule has 102 valence electrons. The Morgan fingerprint density at radius 1 is 1.47 bits per heavy atom. The van der Waals surface area contributed by atoms with Crippen LogP contribution in [0, 0.1) is 0 Å². The van der Waals surface area contributed by atoms with Crippen molar-refractivity contribution in [2.45, 2.75) is 13.8 Å². The SMILES string of the molecule is CCN1C(C)=CSC1=C1SC(=S)N(CC(=O)O)C1=O. The second-order valence-corrected chi connectivity index (χ2v) is 6.41. The average molecular weight is 316 g/mol. The highest BCUT2D eigenvalue weighted by molar-refractivity contribution is 8.27. The highest BCUT2D eigenvalue weighted by Crippen LogP contribution is 2.43. The number of rotatable bonds is 3. The molecule has 0 spiro atoms. The number of carbonyl (C=O) groups is 2. The zero-order chi connectivity index (χ0) is 14.2. The summed E-state index contributed by atoms with van der Waals surface area (Å²) in [6, 6.07) is 0. The van der Waals surface area contributed by atoms with Crippen molar-refractivity contribution in [3.63, 3.8) is 0 Å². The summed E-state index contributed by atoms with van der Waals surface area (Å²) in [4.78, 5) is 26.7. The van der Waals surface area contributed by atoms with Crippen LogP contribution >= 0.6 is 35.7 Å². The second-order valence-electron chi connectivity index (χ2n) is 3.91. The highest BCUT2D eigenvalue weighted by atomic mass is 32.2. The fourth-order valence-electron chi connectivity index (χ4n) is 1.80. The molecule has 0 saturated carbocycles. The molecule has 1 N–H and O–H groups in total. The van der Waals surface area contributed by atoms with Crippen LogP contribution in [0.15, 0.2) is 21.0 Å². The lowest BCUT2D eigenvalue weighted by molar-refractivity contribution is -0.140. The molecule has 1 amide bonds. The number of carboxylic acid groups (broad SMARTS) is 1. The van der Waals surface area contributed by atoms with Gasteiger partial charge >= 0.3 is 5.97 Å². The Labute approximate surface area is 124 Å². The van der Waals surface area contributed by atoms with Gasteiger partial charge in [0.2, 0.25) is 0 Å². The van der Waals surface area contributed by atoms with Crippen LogP contribution in [0.4, 0.5) is 0 Å². The fraction of sp³-hybridized carbons (Fsp3) is 0.364. The van der Waals surface area contributed by atoms with Crippen molar-refractivity contribution < 1.29 is 14.7 Å². The zero-order valence-corrected chi connectivity index (χ0v) is 12.8. The molecule has 0 bridgehead atoms. The third-order valence-electron chi connectivity index (χ3n) is 2.67. The van der Waals surface area contributed by atoms with Crippen LogP contribution in [-0.2, 0) is 9.59 Å². The van der Waals surface area contributed by atoms with Gasteiger partial charge in [-0.1, -0.05) is 35.7 Å². The smallest absolute Gasteiger partial charge is 0.323 e. The van der Waals surface area contributed by atoms with Gasteiger partial charge in [-0.15, -0.1) is 0 Å². The lowest BCUT2D eigenvalue weighted by Crippen LogP contribution is -2.33. The number of thiocarbonyl (C=S) groups is 1. The van der Waals surface area contributed by atoms with E-state index in [0.717, 1.165) is 22.2 Å². The van der Waals surface area contributed by atoms with Gasteiger partial charge in [0.25, 0.3) is 5.91 Å². The number of hydrogen-bond acceptors (Lipinski definition) is 6. The van der Waals surface area contributed by atoms with Gasteiger partial charge in [0.15, 0.2) is 0 Å². The molecule has 1 saturated heterocycles. The van der Waals surface area contributed by atoms with E-state index in [-0.39, 0.29) is 12.5 Å². The van der Waals surface area contributed by atoms with Crippen molar-refractivity contribution >= 4 is 51.9 Å². The number of hydrogen-bond donors (Lipinski definition) is 1. The number of aliphatic carboxylic acids is 1. The van der Waals surface area contributed by atoms with Gasteiger partial charge in [-0.3, -0.25) is 14.5 Å². The maximum atomic E-state index is 12.2. The van der Waals surface area contributed by atoms with Gasteiger partial charge in [0, 0.05) is 12.2 Å². The van der Waals surface area contributed by atoms with Crippen LogP contribution in [0.5, 0.6) is 0 Å². The summed E-state index contributed by atoms with van der Waals surface area (Å²) in [5, 5.41) is 11.6. The minimum atomic E-state index is -1.07. The van der Waals surface area contributed by atoms with Crippen molar-refractivity contribution in [2.75, 3.05) is 13.1 Å². The van der Waals surface area contributed by atoms with E-state index in [1.807, 2.05) is 24.2 Å². The highest BCUT2D eigenvalue weighted by Gasteiger charge is 2.38. The third kappa shape index (κ3) is 2.65. The molecule has 2 aliphatic rings. The van der Waals surface area contributed by atoms with Gasteiger partial charge < -0.3 is 10.0 Å². The molecule has 19 heavy (non-hydrogen) atoms. The summed E-state index contributed by atoms with van der Waals surface area (Å²) in [6.07, 6.45) is 0. The molecule has 0 atom stereocenters. The lowest BCUT2D eigenvalue weighted by atomic mass is 10.4. The third-order valence-corrected chi connectivity index (χ3v) is 5.34. The van der Waals surface area contributed by atoms with E-state index in [2.05, 4.69) is 0 Å². The normalized spacial score (nSPS) is 23.4. The van der Waals surface area contributed by atoms with E-state index in [9.17, 15) is 9.59 Å². The molecule has 0 radical (unpaired) electrons. The first-order valence-electron chi connectivity index (χ1n) is 5.56. The van der Waals surface area contributed by atoms with Crippen molar-refractivity contribution in [2.24, 2.45) is 0 Å². The lowest BCUT2D eigenvalue weighted by Gasteiger charge is -2.20. The first-order chi connectivity index (χ1) is 8.95. The van der Waals surface area contributed by atoms with Crippen molar-refractivity contribution in [1.29, 1.82) is 0 Å². The summed E-state index contributed by atoms with van der Waals surface area (Å²) < 4.78 is 0.302. The minimum absolute atomic E-state index is 0.302. The van der Waals surface area contributed by atoms with E-state index in [4.69, 9.17) is 17.3 Å². The Balaban J connectivity index is 2.31. The van der Waals surface area contributed by atoms with Gasteiger partial charge in [-0.2, -0.15) is 0 Å². The molecule has 0 aromatic carbocycles. The number of allylic oxidation sites excluding steroid dienone is 1. The summed E-state index contributed by atoms with van der Waals surface area (Å²) in [5.41, 5.74) is 1.08. The Bertz CT molecular complexity index is 527. The largest absolute Gasteiger partial charge is 0.480 e. The average Bonchev–Trinajstić information content (AvgIpc) is 2.83. The first kappa shape index (κ1) is 14.4. The van der Waals surface area contributed by atoms with E-state index >= 15 is 0 Å². The molecular weight excluding hydrogens is 304 g/mol. The molecule has 2 heterocycles. The Morgan fingerprint density at radius 3 is 2.74 bits per heavy atom. The number of nitrogens with zero attached hydrogens (tertiary/aromatic N) is 2. The van der Waals surface area contributed by atoms with Crippen LogP contribution in [0.3, 0.4) is 0 Å². The molecule has 5 nitrogen and oxygen atoms in total. The zero-order valence-electron chi connectivity index (χ0n) is 10.4. The summed E-state index contributed by atoms with van der Waals surface area (Å²) in [6.45, 7) is 4.35. The molecule has 0 aromatic rings. The van der Waals surface area contributed by atoms with Gasteiger partial charge in [-0.25, -0.2) is 0 Å². The monoisotopic (exact) mass is 316 g/mol. The molecule has 1 fully saturated rings. The van der Waals surface area contributed by atoms with Crippen molar-refractivity contribution in [3.05, 3.63) is 21.0 Å². The standard InChI is InChI=1S/C11H12N2O3S3/c1-3-12-6(2)5-18-10(12)8-9(16)13(4-7(14)15)11(17)19-8/h5H,3-4H2,1-2H3,(H,14,15). The van der Waals surface area contributed by atoms with Crippen molar-refractivity contribution in [3.8, 4) is 0 Å². The summed E-state index contributed by atoms with van der Waals surface area (Å²) >= 11 is 7.72. The predicted octanol–water partition coefficient (Wildman–Crippen LogP) is 2.03. The summed E-state index contributed by atoms with van der Waals surface area (Å²) in [7, 11) is 0. The van der Waals surface area contributed by atoms with Crippen LogP contribution in [0.1, 0.15) is 13.8 Å². The topological polar surface area (TPSA) is 60.9 Å². The molecule has 0 aliphatic carbocycles. The van der Waals surface area contributed by atoms with Crippen molar-refractivity contribution in [1.82, 2.24) is 9.80 Å². The van der Waals surface area contributed by atoms with Gasteiger partial charge in [0.1, 0.15) is 15.8 Å². The summed E-state index contributed by atoms with van der Waals surface area (Å²) in [5.74, 6) is -1.38. The molecule has 2 aliphatic heterocycles. The maximum Gasteiger partial charge on any atom is 0.323 e. The quantitative estimate of drug-likeness (QED) is 0.631. The molecule has 0 unspecified atom stereocenters. The van der Waals surface area contributed by atoms with Gasteiger partial charge in [-0.05, 0) is 19.3 Å². The van der Waals surface area contributed by atoms with Crippen LogP contribution in [0.2, 0.25) is 0 Å². The van der Waals surface area contributed by atoms with E-state index in [1.54, 1.807) is 0 Å². The van der Waals surface area contributed by atoms with Gasteiger partial charge in [0.05, 0.1) is 5.03 Å². The number of carboxylic acids is 1. The maximum absolute atomic E-state index is 12.2. The number of carbonyl (C=O) groups excluding carboxylic acids is 1. The Kier molecular flexibility index (Phi) is 4.22. The minimum Gasteiger partial charge on any atom is -0.480 e. The molecule has 0 aromatic heterocycles. The van der Waals surface area contributed by atoms with E-state index < -0.39 is 5.97 Å². The predicted molar refractivity (Wildman–Crippen MR) is 80.3 cm³/mol. The van der Waals surface area contributed by atoms with Crippen LogP contribution < -0.4 is 0 Å². The van der Waals surface area contributed by atoms with E-state index in [0.29, 0.717) is 9.23 Å². The van der Waals surface area contributed by atoms with Crippen LogP contribution in [-0.4, -0.2) is 44.2 Å². The Morgan fingerprint density at radius 2 is 2.16 bits per heavy atom. The van der Waals surface area contributed by atoms with E-state index in [1.165, 1.54) is 23.5 Å². The first-order valence-corrected chi connectivity index (χ1v) is 7.66. The number of amides is 1. The molecular formula is C11H12N2O3S3. The van der Waals surface area contributed by atoms with Crippen LogP contribution in [0.25, 0.3) is 0 Å². The molecule has 2 rings (SSSR count). The fourth-order valence-corrected chi connectivity index (χ4v) is 4.29. The second kappa shape index (κ2) is 5.56.